The van der Waals surface area contributed by atoms with Crippen LogP contribution in [0.2, 0.25) is 0 Å². The van der Waals surface area contributed by atoms with E-state index in [0.29, 0.717) is 18.1 Å². The summed E-state index contributed by atoms with van der Waals surface area (Å²) >= 11 is 0. The van der Waals surface area contributed by atoms with Crippen LogP contribution in [0.25, 0.3) is 33.0 Å². The lowest BCUT2D eigenvalue weighted by Gasteiger charge is -2.27. The van der Waals surface area contributed by atoms with Gasteiger partial charge in [0.25, 0.3) is 0 Å². The molecule has 0 amide bonds. The van der Waals surface area contributed by atoms with Gasteiger partial charge in [0, 0.05) is 29.0 Å². The van der Waals surface area contributed by atoms with E-state index in [1.807, 2.05) is 0 Å². The van der Waals surface area contributed by atoms with Gasteiger partial charge in [-0.2, -0.15) is 13.2 Å². The number of ether oxygens (including phenoxy) is 1. The summed E-state index contributed by atoms with van der Waals surface area (Å²) in [7, 11) is 0. The average Bonchev–Trinajstić information content (AvgIpc) is 2.88. The molecule has 2 unspecified atom stereocenters. The Morgan fingerprint density at radius 2 is 1.44 bits per heavy atom. The molecule has 0 aliphatic carbocycles. The maximum atomic E-state index is 15.2. The van der Waals surface area contributed by atoms with Crippen LogP contribution in [0.5, 0.6) is 0 Å². The molecule has 1 aliphatic heterocycles. The summed E-state index contributed by atoms with van der Waals surface area (Å²) in [4.78, 5) is 0. The number of alkyl halides is 3. The Balaban J connectivity index is 1.44. The van der Waals surface area contributed by atoms with Gasteiger partial charge in [0.15, 0.2) is 0 Å². The third kappa shape index (κ3) is 5.64. The van der Waals surface area contributed by atoms with Crippen molar-refractivity contribution in [1.82, 2.24) is 0 Å². The van der Waals surface area contributed by atoms with Gasteiger partial charge in [-0.15, -0.1) is 0 Å². The zero-order valence-electron chi connectivity index (χ0n) is 20.6. The predicted molar refractivity (Wildman–Crippen MR) is 135 cm³/mol. The summed E-state index contributed by atoms with van der Waals surface area (Å²) in [5.74, 6) is -0.887. The van der Waals surface area contributed by atoms with Crippen molar-refractivity contribution in [1.29, 1.82) is 0 Å². The van der Waals surface area contributed by atoms with Gasteiger partial charge in [0.2, 0.25) is 0 Å². The number of hydrogen-bond donors (Lipinski definition) is 0. The molecule has 4 aromatic carbocycles. The molecule has 0 N–H and O–H groups in total. The Labute approximate surface area is 220 Å². The van der Waals surface area contributed by atoms with Crippen LogP contribution in [0.4, 0.5) is 30.7 Å². The van der Waals surface area contributed by atoms with Crippen molar-refractivity contribution in [2.24, 2.45) is 5.92 Å². The number of halogens is 7. The third-order valence-electron chi connectivity index (χ3n) is 6.82. The maximum Gasteiger partial charge on any atom is 0.458 e. The summed E-state index contributed by atoms with van der Waals surface area (Å²) in [6.45, 7) is 2.71. The first-order chi connectivity index (χ1) is 18.5. The van der Waals surface area contributed by atoms with Crippen molar-refractivity contribution in [2.45, 2.75) is 32.0 Å². The van der Waals surface area contributed by atoms with Crippen molar-refractivity contribution >= 4 is 10.8 Å². The highest BCUT2D eigenvalue weighted by atomic mass is 19.4. The van der Waals surface area contributed by atoms with Crippen LogP contribution in [-0.2, 0) is 4.74 Å². The molecule has 1 heterocycles. The summed E-state index contributed by atoms with van der Waals surface area (Å²) in [6, 6.07) is 13.7. The van der Waals surface area contributed by atoms with Crippen LogP contribution >= 0.6 is 0 Å². The molecule has 1 nitrogen and oxygen atoms in total. The highest BCUT2D eigenvalue weighted by Gasteiger charge is 2.24. The second-order valence-corrected chi connectivity index (χ2v) is 9.67. The van der Waals surface area contributed by atoms with Crippen molar-refractivity contribution in [3.8, 4) is 34.1 Å². The number of hydrogen-bond acceptors (Lipinski definition) is 1. The van der Waals surface area contributed by atoms with Crippen LogP contribution in [0.15, 0.2) is 60.7 Å². The summed E-state index contributed by atoms with van der Waals surface area (Å²) in [5, 5.41) is -0.147. The quantitative estimate of drug-likeness (QED) is 0.185. The Morgan fingerprint density at radius 3 is 2.08 bits per heavy atom. The van der Waals surface area contributed by atoms with Crippen molar-refractivity contribution in [2.75, 3.05) is 6.61 Å². The summed E-state index contributed by atoms with van der Waals surface area (Å²) in [5.41, 5.74) is 0.625. The van der Waals surface area contributed by atoms with Crippen molar-refractivity contribution in [3.63, 3.8) is 0 Å². The second-order valence-electron chi connectivity index (χ2n) is 9.67. The summed E-state index contributed by atoms with van der Waals surface area (Å²) in [6.07, 6.45) is -3.30. The van der Waals surface area contributed by atoms with E-state index >= 15 is 8.78 Å². The molecule has 4 aromatic rings. The standard InChI is InChI=1S/C31H21F7O/c1-17-2-9-29(39-16-17)20-5-7-23(27(33)14-20)19-3-6-22(26(32)13-19)18-4-8-24-21(12-18)15-28(34)25(30(24)35)10-11-31(36,37)38/h3-8,12-15,17,29H,2,9,16H2,1H3. The Hall–Kier alpha value is -3.83. The van der Waals surface area contributed by atoms with Gasteiger partial charge < -0.3 is 4.74 Å². The van der Waals surface area contributed by atoms with Gasteiger partial charge >= 0.3 is 6.18 Å². The molecule has 1 fully saturated rings. The van der Waals surface area contributed by atoms with Crippen molar-refractivity contribution < 1.29 is 35.5 Å². The number of fused-ring (bicyclic) bond motifs is 1. The zero-order valence-corrected chi connectivity index (χ0v) is 20.6. The number of benzene rings is 4. The second kappa shape index (κ2) is 10.4. The topological polar surface area (TPSA) is 9.23 Å². The van der Waals surface area contributed by atoms with Gasteiger partial charge in [-0.1, -0.05) is 49.2 Å². The first-order valence-electron chi connectivity index (χ1n) is 12.2. The van der Waals surface area contributed by atoms with Crippen LogP contribution in [0.1, 0.15) is 37.0 Å². The van der Waals surface area contributed by atoms with Crippen LogP contribution in [0.3, 0.4) is 0 Å². The van der Waals surface area contributed by atoms with E-state index in [1.54, 1.807) is 12.1 Å². The van der Waals surface area contributed by atoms with Gasteiger partial charge in [-0.05, 0) is 65.1 Å². The molecule has 5 rings (SSSR count). The molecule has 8 heteroatoms. The fourth-order valence-corrected chi connectivity index (χ4v) is 4.77. The SMILES string of the molecule is CC1CCC(c2ccc(-c3ccc(-c4ccc5c(F)c(C#CC(F)(F)F)c(F)cc5c4)c(F)c3)c(F)c2)OC1. The van der Waals surface area contributed by atoms with E-state index in [4.69, 9.17) is 4.74 Å². The maximum absolute atomic E-state index is 15.2. The minimum atomic E-state index is -4.91. The van der Waals surface area contributed by atoms with E-state index in [-0.39, 0.29) is 33.6 Å². The van der Waals surface area contributed by atoms with E-state index in [1.165, 1.54) is 48.4 Å². The Kier molecular flexibility index (Phi) is 7.13. The molecule has 0 aromatic heterocycles. The molecule has 0 radical (unpaired) electrons. The molecule has 2 atom stereocenters. The third-order valence-corrected chi connectivity index (χ3v) is 6.82. The molecule has 0 spiro atoms. The van der Waals surface area contributed by atoms with Gasteiger partial charge in [-0.3, -0.25) is 0 Å². The highest BCUT2D eigenvalue weighted by molar-refractivity contribution is 5.89. The fraction of sp³-hybridized carbons (Fsp3) is 0.226. The van der Waals surface area contributed by atoms with Gasteiger partial charge in [0.1, 0.15) is 23.3 Å². The zero-order chi connectivity index (χ0) is 27.9. The van der Waals surface area contributed by atoms with Gasteiger partial charge in [0.05, 0.1) is 11.7 Å². The smallest absolute Gasteiger partial charge is 0.373 e. The fourth-order valence-electron chi connectivity index (χ4n) is 4.77. The molecule has 1 aliphatic rings. The van der Waals surface area contributed by atoms with E-state index in [2.05, 4.69) is 6.92 Å². The predicted octanol–water partition coefficient (Wildman–Crippen LogP) is 9.13. The largest absolute Gasteiger partial charge is 0.458 e. The minimum Gasteiger partial charge on any atom is -0.373 e. The monoisotopic (exact) mass is 542 g/mol. The minimum absolute atomic E-state index is 0.0180. The molecule has 200 valence electrons. The van der Waals surface area contributed by atoms with Gasteiger partial charge in [-0.25, -0.2) is 17.6 Å². The molecular weight excluding hydrogens is 521 g/mol. The molecule has 39 heavy (non-hydrogen) atoms. The first kappa shape index (κ1) is 26.8. The Morgan fingerprint density at radius 1 is 0.769 bits per heavy atom. The van der Waals surface area contributed by atoms with Crippen LogP contribution in [0, 0.1) is 41.0 Å². The van der Waals surface area contributed by atoms with Crippen molar-refractivity contribution in [3.05, 3.63) is 95.1 Å². The van der Waals surface area contributed by atoms with E-state index in [0.717, 1.165) is 30.4 Å². The molecular formula is C31H21F7O. The average molecular weight is 542 g/mol. The van der Waals surface area contributed by atoms with Crippen LogP contribution in [-0.4, -0.2) is 12.8 Å². The normalized spacial score (nSPS) is 17.6. The lowest BCUT2D eigenvalue weighted by molar-refractivity contribution is -0.0696. The highest BCUT2D eigenvalue weighted by Crippen LogP contribution is 2.35. The molecule has 0 bridgehead atoms. The lowest BCUT2D eigenvalue weighted by atomic mass is 9.93. The van der Waals surface area contributed by atoms with E-state index in [9.17, 15) is 22.0 Å². The summed E-state index contributed by atoms with van der Waals surface area (Å²) < 4.78 is 102. The molecule has 1 saturated heterocycles. The van der Waals surface area contributed by atoms with Crippen LogP contribution < -0.4 is 0 Å². The molecule has 0 saturated carbocycles. The first-order valence-corrected chi connectivity index (χ1v) is 12.2. The lowest BCUT2D eigenvalue weighted by Crippen LogP contribution is -2.18. The Bertz CT molecular complexity index is 1620. The number of rotatable bonds is 3. The van der Waals surface area contributed by atoms with E-state index < -0.39 is 35.0 Å².